The lowest BCUT2D eigenvalue weighted by Gasteiger charge is -1.97. The van der Waals surface area contributed by atoms with Gasteiger partial charge >= 0.3 is 0 Å². The first-order valence-corrected chi connectivity index (χ1v) is 8.63. The Morgan fingerprint density at radius 1 is 1.32 bits per heavy atom. The van der Waals surface area contributed by atoms with Crippen molar-refractivity contribution in [2.24, 2.45) is 0 Å². The zero-order valence-electron chi connectivity index (χ0n) is 10.3. The van der Waals surface area contributed by atoms with E-state index in [1.807, 2.05) is 0 Å². The van der Waals surface area contributed by atoms with E-state index in [1.165, 1.54) is 23.5 Å². The van der Waals surface area contributed by atoms with Gasteiger partial charge in [-0.05, 0) is 30.0 Å². The minimum atomic E-state index is -3.03. The van der Waals surface area contributed by atoms with Crippen LogP contribution in [0.1, 0.15) is 22.5 Å². The van der Waals surface area contributed by atoms with Gasteiger partial charge in [-0.15, -0.1) is 11.3 Å². The lowest BCUT2D eigenvalue weighted by atomic mass is 10.2. The Bertz CT molecular complexity index is 717. The molecule has 1 aromatic heterocycles. The second-order valence-electron chi connectivity index (χ2n) is 4.45. The third-order valence-corrected chi connectivity index (χ3v) is 4.85. The molecule has 1 heterocycles. The standard InChI is InChI=1S/C13H13FO3S2/c1-19(16,17)6-2-3-11(15)13-7-9-4-5-10(14)8-12(9)18-13/h4-5,7-8H,2-3,6H2,1H3. The Balaban J connectivity index is 2.09. The lowest BCUT2D eigenvalue weighted by Crippen LogP contribution is -2.05. The summed E-state index contributed by atoms with van der Waals surface area (Å²) in [5.41, 5.74) is 0. The number of halogens is 1. The molecule has 6 heteroatoms. The van der Waals surface area contributed by atoms with Crippen LogP contribution in [0.2, 0.25) is 0 Å². The predicted molar refractivity (Wildman–Crippen MR) is 75.1 cm³/mol. The van der Waals surface area contributed by atoms with E-state index in [4.69, 9.17) is 0 Å². The number of fused-ring (bicyclic) bond motifs is 1. The van der Waals surface area contributed by atoms with E-state index in [0.29, 0.717) is 11.3 Å². The minimum Gasteiger partial charge on any atom is -0.293 e. The fraction of sp³-hybridized carbons (Fsp3) is 0.308. The number of rotatable bonds is 5. The van der Waals surface area contributed by atoms with Gasteiger partial charge in [0.15, 0.2) is 5.78 Å². The third-order valence-electron chi connectivity index (χ3n) is 2.68. The average molecular weight is 300 g/mol. The summed E-state index contributed by atoms with van der Waals surface area (Å²) in [5, 5.41) is 0.831. The van der Waals surface area contributed by atoms with Crippen LogP contribution in [0.4, 0.5) is 4.39 Å². The first-order valence-electron chi connectivity index (χ1n) is 5.75. The van der Waals surface area contributed by atoms with Crippen LogP contribution >= 0.6 is 11.3 Å². The molecule has 0 saturated heterocycles. The van der Waals surface area contributed by atoms with Crippen LogP contribution < -0.4 is 0 Å². The van der Waals surface area contributed by atoms with Crippen LogP contribution in [0.15, 0.2) is 24.3 Å². The van der Waals surface area contributed by atoms with Gasteiger partial charge in [0.25, 0.3) is 0 Å². The molecule has 0 N–H and O–H groups in total. The molecule has 0 atom stereocenters. The fourth-order valence-electron chi connectivity index (χ4n) is 1.76. The van der Waals surface area contributed by atoms with Crippen LogP contribution in [-0.2, 0) is 9.84 Å². The molecule has 2 rings (SSSR count). The summed E-state index contributed by atoms with van der Waals surface area (Å²) < 4.78 is 35.7. The molecule has 0 fully saturated rings. The SMILES string of the molecule is CS(=O)(=O)CCCC(=O)c1cc2ccc(F)cc2s1. The van der Waals surface area contributed by atoms with Crippen molar-refractivity contribution < 1.29 is 17.6 Å². The summed E-state index contributed by atoms with van der Waals surface area (Å²) >= 11 is 1.24. The second-order valence-corrected chi connectivity index (χ2v) is 7.79. The first-order chi connectivity index (χ1) is 8.85. The van der Waals surface area contributed by atoms with E-state index < -0.39 is 9.84 Å². The van der Waals surface area contributed by atoms with Gasteiger partial charge in [0.05, 0.1) is 10.6 Å². The molecule has 0 saturated carbocycles. The largest absolute Gasteiger partial charge is 0.293 e. The summed E-state index contributed by atoms with van der Waals surface area (Å²) in [6.07, 6.45) is 1.67. The molecule has 0 unspecified atom stereocenters. The molecule has 0 bridgehead atoms. The Hall–Kier alpha value is -1.27. The topological polar surface area (TPSA) is 51.2 Å². The van der Waals surface area contributed by atoms with E-state index in [0.717, 1.165) is 16.3 Å². The van der Waals surface area contributed by atoms with Crippen molar-refractivity contribution in [1.29, 1.82) is 0 Å². The van der Waals surface area contributed by atoms with Gasteiger partial charge in [0, 0.05) is 17.4 Å². The summed E-state index contributed by atoms with van der Waals surface area (Å²) in [4.78, 5) is 12.5. The van der Waals surface area contributed by atoms with E-state index in [-0.39, 0.29) is 23.8 Å². The lowest BCUT2D eigenvalue weighted by molar-refractivity contribution is 0.0986. The highest BCUT2D eigenvalue weighted by molar-refractivity contribution is 7.90. The van der Waals surface area contributed by atoms with Crippen LogP contribution in [0.5, 0.6) is 0 Å². The van der Waals surface area contributed by atoms with Gasteiger partial charge in [0.2, 0.25) is 0 Å². The Kier molecular flexibility index (Phi) is 4.01. The number of sulfone groups is 1. The van der Waals surface area contributed by atoms with Crippen molar-refractivity contribution in [1.82, 2.24) is 0 Å². The summed E-state index contributed by atoms with van der Waals surface area (Å²) in [6.45, 7) is 0. The van der Waals surface area contributed by atoms with E-state index in [2.05, 4.69) is 0 Å². The third kappa shape index (κ3) is 3.84. The van der Waals surface area contributed by atoms with Crippen molar-refractivity contribution in [3.05, 3.63) is 35.0 Å². The Morgan fingerprint density at radius 2 is 2.05 bits per heavy atom. The maximum absolute atomic E-state index is 13.0. The van der Waals surface area contributed by atoms with E-state index >= 15 is 0 Å². The highest BCUT2D eigenvalue weighted by atomic mass is 32.2. The molecular weight excluding hydrogens is 287 g/mol. The molecule has 2 aromatic rings. The van der Waals surface area contributed by atoms with Crippen LogP contribution in [0.25, 0.3) is 10.1 Å². The molecular formula is C13H13FO3S2. The van der Waals surface area contributed by atoms with Gasteiger partial charge in [-0.1, -0.05) is 6.07 Å². The zero-order valence-corrected chi connectivity index (χ0v) is 12.0. The molecule has 3 nitrogen and oxygen atoms in total. The molecule has 102 valence electrons. The van der Waals surface area contributed by atoms with Crippen molar-refractivity contribution in [2.75, 3.05) is 12.0 Å². The predicted octanol–water partition coefficient (Wildman–Crippen LogP) is 3.05. The highest BCUT2D eigenvalue weighted by Gasteiger charge is 2.12. The Labute approximate surface area is 115 Å². The van der Waals surface area contributed by atoms with E-state index in [9.17, 15) is 17.6 Å². The molecule has 19 heavy (non-hydrogen) atoms. The zero-order chi connectivity index (χ0) is 14.0. The maximum Gasteiger partial charge on any atom is 0.172 e. The van der Waals surface area contributed by atoms with Crippen LogP contribution in [-0.4, -0.2) is 26.2 Å². The molecule has 1 aromatic carbocycles. The summed E-state index contributed by atoms with van der Waals surface area (Å²) in [5.74, 6) is -0.408. The molecule has 0 radical (unpaired) electrons. The quantitative estimate of drug-likeness (QED) is 0.797. The van der Waals surface area contributed by atoms with E-state index in [1.54, 1.807) is 12.1 Å². The first kappa shape index (κ1) is 14.1. The van der Waals surface area contributed by atoms with Gasteiger partial charge < -0.3 is 0 Å². The van der Waals surface area contributed by atoms with Crippen molar-refractivity contribution in [2.45, 2.75) is 12.8 Å². The van der Waals surface area contributed by atoms with Gasteiger partial charge in [-0.3, -0.25) is 4.79 Å². The number of hydrogen-bond acceptors (Lipinski definition) is 4. The number of thiophene rings is 1. The minimum absolute atomic E-state index is 0.0122. The number of Topliss-reactive ketones (excluding diaryl/α,β-unsaturated/α-hetero) is 1. The monoisotopic (exact) mass is 300 g/mol. The van der Waals surface area contributed by atoms with Gasteiger partial charge in [-0.25, -0.2) is 12.8 Å². The summed E-state index contributed by atoms with van der Waals surface area (Å²) in [7, 11) is -3.03. The molecule has 0 aliphatic rings. The number of hydrogen-bond donors (Lipinski definition) is 0. The summed E-state index contributed by atoms with van der Waals surface area (Å²) in [6, 6.07) is 6.11. The number of carbonyl (C=O) groups excluding carboxylic acids is 1. The van der Waals surface area contributed by atoms with Crippen molar-refractivity contribution in [3.8, 4) is 0 Å². The Morgan fingerprint density at radius 3 is 2.74 bits per heavy atom. The fourth-order valence-corrected chi connectivity index (χ4v) is 3.48. The average Bonchev–Trinajstić information content (AvgIpc) is 2.70. The number of carbonyl (C=O) groups is 1. The van der Waals surface area contributed by atoms with Crippen LogP contribution in [0, 0.1) is 5.82 Å². The second kappa shape index (κ2) is 5.38. The smallest absolute Gasteiger partial charge is 0.172 e. The van der Waals surface area contributed by atoms with Crippen molar-refractivity contribution >= 4 is 37.0 Å². The van der Waals surface area contributed by atoms with Crippen LogP contribution in [0.3, 0.4) is 0 Å². The maximum atomic E-state index is 13.0. The van der Waals surface area contributed by atoms with Gasteiger partial charge in [0.1, 0.15) is 15.7 Å². The molecule has 0 aliphatic heterocycles. The number of ketones is 1. The van der Waals surface area contributed by atoms with Gasteiger partial charge in [-0.2, -0.15) is 0 Å². The van der Waals surface area contributed by atoms with Crippen molar-refractivity contribution in [3.63, 3.8) is 0 Å². The molecule has 0 amide bonds. The number of benzene rings is 1. The molecule has 0 aliphatic carbocycles. The molecule has 0 spiro atoms. The highest BCUT2D eigenvalue weighted by Crippen LogP contribution is 2.27. The normalized spacial score (nSPS) is 11.9.